The lowest BCUT2D eigenvalue weighted by Gasteiger charge is -2.32. The molecule has 2 aliphatic heterocycles. The van der Waals surface area contributed by atoms with Gasteiger partial charge >= 0.3 is 0 Å². The minimum Gasteiger partial charge on any atom is -0.381 e. The number of likely N-dealkylation sites (tertiary alicyclic amines) is 1. The number of nitrogens with zero attached hydrogens (tertiary/aromatic N) is 7. The first kappa shape index (κ1) is 24.4. The molecule has 2 saturated heterocycles. The SMILES string of the molecule is N#Cc1ccc(F)c(CN2CCCC(c3nnc4cc(-c5ccnc(NC6CCOCC6)n5)ccn34)C2)c1. The van der Waals surface area contributed by atoms with Gasteiger partial charge < -0.3 is 10.1 Å². The number of fused-ring (bicyclic) bond motifs is 1. The van der Waals surface area contributed by atoms with Gasteiger partial charge in [-0.25, -0.2) is 14.4 Å². The van der Waals surface area contributed by atoms with E-state index in [9.17, 15) is 9.65 Å². The first-order valence-corrected chi connectivity index (χ1v) is 13.1. The number of pyridine rings is 1. The zero-order valence-corrected chi connectivity index (χ0v) is 21.1. The average Bonchev–Trinajstić information content (AvgIpc) is 3.39. The van der Waals surface area contributed by atoms with Crippen LogP contribution in [0.2, 0.25) is 0 Å². The summed E-state index contributed by atoms with van der Waals surface area (Å²) in [5.74, 6) is 1.44. The number of aromatic nitrogens is 5. The molecule has 0 saturated carbocycles. The van der Waals surface area contributed by atoms with Crippen molar-refractivity contribution >= 4 is 11.6 Å². The lowest BCUT2D eigenvalue weighted by atomic mass is 9.96. The van der Waals surface area contributed by atoms with Crippen molar-refractivity contribution in [1.29, 1.82) is 5.26 Å². The molecule has 194 valence electrons. The van der Waals surface area contributed by atoms with Crippen LogP contribution in [-0.2, 0) is 11.3 Å². The molecule has 2 aliphatic rings. The summed E-state index contributed by atoms with van der Waals surface area (Å²) in [6, 6.07) is 12.9. The summed E-state index contributed by atoms with van der Waals surface area (Å²) < 4.78 is 21.9. The minimum atomic E-state index is -0.276. The third-order valence-electron chi connectivity index (χ3n) is 7.38. The number of hydrogen-bond donors (Lipinski definition) is 1. The molecule has 5 heterocycles. The number of benzene rings is 1. The van der Waals surface area contributed by atoms with Crippen LogP contribution >= 0.6 is 0 Å². The highest BCUT2D eigenvalue weighted by Gasteiger charge is 2.26. The Morgan fingerprint density at radius 1 is 1.11 bits per heavy atom. The van der Waals surface area contributed by atoms with Gasteiger partial charge in [0.25, 0.3) is 0 Å². The summed E-state index contributed by atoms with van der Waals surface area (Å²) >= 11 is 0. The fourth-order valence-corrected chi connectivity index (χ4v) is 5.38. The van der Waals surface area contributed by atoms with Gasteiger partial charge in [0.1, 0.15) is 11.6 Å². The molecule has 9 nitrogen and oxygen atoms in total. The van der Waals surface area contributed by atoms with Crippen LogP contribution in [0.4, 0.5) is 10.3 Å². The van der Waals surface area contributed by atoms with E-state index < -0.39 is 0 Å². The van der Waals surface area contributed by atoms with Crippen LogP contribution in [0.1, 0.15) is 48.6 Å². The van der Waals surface area contributed by atoms with Crippen molar-refractivity contribution < 1.29 is 9.13 Å². The molecular weight excluding hydrogens is 483 g/mol. The normalized spacial score (nSPS) is 18.9. The number of halogens is 1. The molecule has 1 unspecified atom stereocenters. The summed E-state index contributed by atoms with van der Waals surface area (Å²) in [6.45, 7) is 3.62. The quantitative estimate of drug-likeness (QED) is 0.411. The van der Waals surface area contributed by atoms with E-state index in [0.29, 0.717) is 29.7 Å². The number of ether oxygens (including phenoxy) is 1. The first-order chi connectivity index (χ1) is 18.7. The van der Waals surface area contributed by atoms with Crippen molar-refractivity contribution in [2.45, 2.75) is 44.2 Å². The van der Waals surface area contributed by atoms with Crippen molar-refractivity contribution in [3.05, 3.63) is 71.6 Å². The molecule has 0 spiro atoms. The van der Waals surface area contributed by atoms with E-state index in [2.05, 4.69) is 31.5 Å². The van der Waals surface area contributed by atoms with E-state index in [1.807, 2.05) is 28.8 Å². The maximum atomic E-state index is 14.4. The maximum absolute atomic E-state index is 14.4. The van der Waals surface area contributed by atoms with Crippen molar-refractivity contribution in [1.82, 2.24) is 29.5 Å². The predicted molar refractivity (Wildman–Crippen MR) is 140 cm³/mol. The van der Waals surface area contributed by atoms with Gasteiger partial charge in [-0.3, -0.25) is 9.30 Å². The zero-order valence-electron chi connectivity index (χ0n) is 21.1. The Morgan fingerprint density at radius 3 is 2.87 bits per heavy atom. The Labute approximate surface area is 220 Å². The monoisotopic (exact) mass is 512 g/mol. The maximum Gasteiger partial charge on any atom is 0.223 e. The summed E-state index contributed by atoms with van der Waals surface area (Å²) in [6.07, 6.45) is 7.65. The van der Waals surface area contributed by atoms with Gasteiger partial charge in [-0.2, -0.15) is 5.26 Å². The first-order valence-electron chi connectivity index (χ1n) is 13.1. The predicted octanol–water partition coefficient (Wildman–Crippen LogP) is 4.17. The molecule has 0 amide bonds. The Bertz CT molecular complexity index is 1480. The van der Waals surface area contributed by atoms with E-state index in [0.717, 1.165) is 74.7 Å². The lowest BCUT2D eigenvalue weighted by Crippen LogP contribution is -2.34. The number of anilines is 1. The van der Waals surface area contributed by atoms with Crippen molar-refractivity contribution in [2.75, 3.05) is 31.6 Å². The van der Waals surface area contributed by atoms with Crippen LogP contribution in [0.3, 0.4) is 0 Å². The van der Waals surface area contributed by atoms with Crippen LogP contribution in [0.15, 0.2) is 48.8 Å². The molecule has 1 N–H and O–H groups in total. The van der Waals surface area contributed by atoms with Gasteiger partial charge in [-0.05, 0) is 68.6 Å². The largest absolute Gasteiger partial charge is 0.381 e. The van der Waals surface area contributed by atoms with E-state index in [-0.39, 0.29) is 11.7 Å². The second kappa shape index (κ2) is 10.8. The van der Waals surface area contributed by atoms with E-state index in [1.54, 1.807) is 12.3 Å². The fraction of sp³-hybridized carbons (Fsp3) is 0.393. The fourth-order valence-electron chi connectivity index (χ4n) is 5.38. The Hall–Kier alpha value is -3.94. The lowest BCUT2D eigenvalue weighted by molar-refractivity contribution is 0.0903. The second-order valence-corrected chi connectivity index (χ2v) is 9.99. The number of nitriles is 1. The second-order valence-electron chi connectivity index (χ2n) is 9.99. The summed E-state index contributed by atoms with van der Waals surface area (Å²) in [4.78, 5) is 11.4. The molecule has 2 fully saturated rings. The van der Waals surface area contributed by atoms with Crippen molar-refractivity contribution in [3.63, 3.8) is 0 Å². The highest BCUT2D eigenvalue weighted by atomic mass is 19.1. The molecule has 38 heavy (non-hydrogen) atoms. The summed E-state index contributed by atoms with van der Waals surface area (Å²) in [7, 11) is 0. The molecule has 1 aromatic carbocycles. The molecular formula is C28H29FN8O. The topological polar surface area (TPSA) is 104 Å². The third kappa shape index (κ3) is 5.21. The van der Waals surface area contributed by atoms with Gasteiger partial charge in [0, 0.05) is 61.8 Å². The number of nitrogens with one attached hydrogen (secondary N) is 1. The molecule has 0 bridgehead atoms. The van der Waals surface area contributed by atoms with Gasteiger partial charge in [-0.1, -0.05) is 0 Å². The Morgan fingerprint density at radius 2 is 2.00 bits per heavy atom. The molecule has 1 atom stereocenters. The Balaban J connectivity index is 1.18. The summed E-state index contributed by atoms with van der Waals surface area (Å²) in [5, 5.41) is 21.6. The van der Waals surface area contributed by atoms with E-state index >= 15 is 0 Å². The van der Waals surface area contributed by atoms with Gasteiger partial charge in [-0.15, -0.1) is 10.2 Å². The minimum absolute atomic E-state index is 0.182. The molecule has 0 radical (unpaired) electrons. The molecule has 3 aromatic heterocycles. The zero-order chi connectivity index (χ0) is 25.9. The van der Waals surface area contributed by atoms with Crippen LogP contribution in [-0.4, -0.2) is 61.8 Å². The van der Waals surface area contributed by atoms with Gasteiger partial charge in [0.15, 0.2) is 5.65 Å². The average molecular weight is 513 g/mol. The Kier molecular flexibility index (Phi) is 6.94. The molecule has 6 rings (SSSR count). The van der Waals surface area contributed by atoms with E-state index in [1.165, 1.54) is 12.1 Å². The van der Waals surface area contributed by atoms with Gasteiger partial charge in [0.05, 0.1) is 17.3 Å². The van der Waals surface area contributed by atoms with Crippen LogP contribution in [0, 0.1) is 17.1 Å². The molecule has 10 heteroatoms. The highest BCUT2D eigenvalue weighted by Crippen LogP contribution is 2.29. The highest BCUT2D eigenvalue weighted by molar-refractivity contribution is 5.64. The molecule has 4 aromatic rings. The van der Waals surface area contributed by atoms with Crippen LogP contribution in [0.5, 0.6) is 0 Å². The smallest absolute Gasteiger partial charge is 0.223 e. The number of hydrogen-bond acceptors (Lipinski definition) is 8. The number of rotatable bonds is 6. The van der Waals surface area contributed by atoms with E-state index in [4.69, 9.17) is 9.72 Å². The van der Waals surface area contributed by atoms with Gasteiger partial charge in [0.2, 0.25) is 5.95 Å². The summed E-state index contributed by atoms with van der Waals surface area (Å²) in [5.41, 5.74) is 3.57. The number of piperidine rings is 1. The van der Waals surface area contributed by atoms with Crippen molar-refractivity contribution in [2.24, 2.45) is 0 Å². The van der Waals surface area contributed by atoms with Crippen LogP contribution in [0.25, 0.3) is 16.9 Å². The van der Waals surface area contributed by atoms with Crippen molar-refractivity contribution in [3.8, 4) is 17.3 Å². The molecule has 0 aliphatic carbocycles. The van der Waals surface area contributed by atoms with Crippen LogP contribution < -0.4 is 5.32 Å². The standard InChI is InChI=1S/C28H29FN8O/c29-24-4-3-19(16-30)14-22(24)18-36-10-1-2-21(17-36)27-35-34-26-15-20(6-11-37(26)27)25-5-9-31-28(33-25)32-23-7-12-38-13-8-23/h3-6,9,11,14-15,21,23H,1-2,7-8,10,12-13,17-18H2,(H,31,32,33). The third-order valence-corrected chi connectivity index (χ3v) is 7.38.